The molecule has 2 heterocycles. The molecule has 2 aromatic rings. The van der Waals surface area contributed by atoms with Crippen LogP contribution < -0.4 is 0 Å². The zero-order valence-electron chi connectivity index (χ0n) is 11.9. The number of carbonyl (C=O) groups excluding carboxylic acids is 1. The number of aliphatic carboxylic acids is 1. The summed E-state index contributed by atoms with van der Waals surface area (Å²) in [6, 6.07) is 7.39. The van der Waals surface area contributed by atoms with Crippen molar-refractivity contribution in [2.45, 2.75) is 25.4 Å². The predicted octanol–water partition coefficient (Wildman–Crippen LogP) is 0.879. The normalized spacial score (nSPS) is 17.1. The lowest BCUT2D eigenvalue weighted by molar-refractivity contribution is -0.141. The molecule has 0 saturated heterocycles. The number of hydrogen-bond acceptors (Lipinski definition) is 4. The summed E-state index contributed by atoms with van der Waals surface area (Å²) in [7, 11) is 0. The lowest BCUT2D eigenvalue weighted by Crippen LogP contribution is -2.40. The van der Waals surface area contributed by atoms with Crippen molar-refractivity contribution < 1.29 is 14.7 Å². The third-order valence-corrected chi connectivity index (χ3v) is 3.87. The number of rotatable bonds is 4. The lowest BCUT2D eigenvalue weighted by atomic mass is 9.89. The van der Waals surface area contributed by atoms with Gasteiger partial charge in [-0.05, 0) is 11.1 Å². The molecule has 1 aromatic heterocycles. The van der Waals surface area contributed by atoms with E-state index >= 15 is 0 Å². The molecule has 0 bridgehead atoms. The van der Waals surface area contributed by atoms with Gasteiger partial charge in [-0.25, -0.2) is 4.98 Å². The van der Waals surface area contributed by atoms with Gasteiger partial charge in [-0.2, -0.15) is 5.10 Å². The fraction of sp³-hybridized carbons (Fsp3) is 0.333. The van der Waals surface area contributed by atoms with Crippen LogP contribution >= 0.6 is 0 Å². The van der Waals surface area contributed by atoms with Crippen LogP contribution in [0.5, 0.6) is 0 Å². The molecule has 7 nitrogen and oxygen atoms in total. The lowest BCUT2D eigenvalue weighted by Gasteiger charge is -2.32. The Morgan fingerprint density at radius 1 is 1.32 bits per heavy atom. The third-order valence-electron chi connectivity index (χ3n) is 3.87. The molecule has 1 N–H and O–H groups in total. The molecule has 0 unspecified atom stereocenters. The Labute approximate surface area is 127 Å². The predicted molar refractivity (Wildman–Crippen MR) is 76.9 cm³/mol. The summed E-state index contributed by atoms with van der Waals surface area (Å²) in [6.45, 7) is 1.10. The number of amides is 1. The maximum absolute atomic E-state index is 12.3. The van der Waals surface area contributed by atoms with Crippen molar-refractivity contribution in [3.63, 3.8) is 0 Å². The number of nitrogens with zero attached hydrogens (tertiary/aromatic N) is 4. The standard InChI is InChI=1S/C15H16N4O3/c20-14(5-6-19-10-16-9-17-19)18-7-11-3-1-2-4-12(11)13(8-18)15(21)22/h1-4,9-10,13H,5-8H2,(H,21,22)/t13-/m0/s1. The van der Waals surface area contributed by atoms with Gasteiger partial charge in [0.15, 0.2) is 0 Å². The maximum atomic E-state index is 12.3. The molecule has 1 aliphatic rings. The molecule has 0 fully saturated rings. The van der Waals surface area contributed by atoms with Gasteiger partial charge in [-0.15, -0.1) is 0 Å². The number of benzene rings is 1. The van der Waals surface area contributed by atoms with E-state index in [0.29, 0.717) is 13.1 Å². The van der Waals surface area contributed by atoms with Gasteiger partial charge in [0.2, 0.25) is 5.91 Å². The van der Waals surface area contributed by atoms with Crippen LogP contribution in [-0.4, -0.2) is 43.2 Å². The summed E-state index contributed by atoms with van der Waals surface area (Å²) in [4.78, 5) is 29.2. The smallest absolute Gasteiger partial charge is 0.312 e. The summed E-state index contributed by atoms with van der Waals surface area (Å²) in [6.07, 6.45) is 3.25. The average Bonchev–Trinajstić information content (AvgIpc) is 3.04. The number of aromatic nitrogens is 3. The Morgan fingerprint density at radius 3 is 2.86 bits per heavy atom. The Hall–Kier alpha value is -2.70. The molecular weight excluding hydrogens is 284 g/mol. The van der Waals surface area contributed by atoms with Gasteiger partial charge in [-0.3, -0.25) is 14.3 Å². The molecule has 1 aromatic carbocycles. The van der Waals surface area contributed by atoms with Crippen molar-refractivity contribution in [1.82, 2.24) is 19.7 Å². The van der Waals surface area contributed by atoms with E-state index in [0.717, 1.165) is 11.1 Å². The molecule has 0 aliphatic carbocycles. The summed E-state index contributed by atoms with van der Waals surface area (Å²) >= 11 is 0. The van der Waals surface area contributed by atoms with Crippen LogP contribution in [-0.2, 0) is 22.7 Å². The second-order valence-corrected chi connectivity index (χ2v) is 5.27. The summed E-state index contributed by atoms with van der Waals surface area (Å²) in [5, 5.41) is 13.4. The van der Waals surface area contributed by atoms with E-state index < -0.39 is 11.9 Å². The molecule has 0 saturated carbocycles. The van der Waals surface area contributed by atoms with E-state index in [-0.39, 0.29) is 18.9 Å². The van der Waals surface area contributed by atoms with Gasteiger partial charge in [0.1, 0.15) is 12.7 Å². The molecule has 22 heavy (non-hydrogen) atoms. The molecular formula is C15H16N4O3. The minimum absolute atomic E-state index is 0.0729. The monoisotopic (exact) mass is 300 g/mol. The number of fused-ring (bicyclic) bond motifs is 1. The first-order valence-corrected chi connectivity index (χ1v) is 7.06. The molecule has 0 spiro atoms. The number of hydrogen-bond donors (Lipinski definition) is 1. The minimum Gasteiger partial charge on any atom is -0.481 e. The van der Waals surface area contributed by atoms with Crippen molar-refractivity contribution in [2.75, 3.05) is 6.54 Å². The first-order chi connectivity index (χ1) is 10.6. The molecule has 1 aliphatic heterocycles. The van der Waals surface area contributed by atoms with E-state index in [9.17, 15) is 14.7 Å². The van der Waals surface area contributed by atoms with Crippen molar-refractivity contribution in [3.05, 3.63) is 48.0 Å². The third kappa shape index (κ3) is 2.83. The Morgan fingerprint density at radius 2 is 2.14 bits per heavy atom. The highest BCUT2D eigenvalue weighted by molar-refractivity contribution is 5.81. The van der Waals surface area contributed by atoms with Crippen molar-refractivity contribution in [1.29, 1.82) is 0 Å². The highest BCUT2D eigenvalue weighted by Crippen LogP contribution is 2.28. The second-order valence-electron chi connectivity index (χ2n) is 5.27. The molecule has 1 atom stereocenters. The number of carbonyl (C=O) groups is 2. The fourth-order valence-electron chi connectivity index (χ4n) is 2.72. The van der Waals surface area contributed by atoms with Gasteiger partial charge in [0.05, 0.1) is 12.5 Å². The van der Waals surface area contributed by atoms with Crippen molar-refractivity contribution >= 4 is 11.9 Å². The molecule has 1 amide bonds. The highest BCUT2D eigenvalue weighted by atomic mass is 16.4. The summed E-state index contributed by atoms with van der Waals surface area (Å²) in [5.74, 6) is -1.64. The Kier molecular flexibility index (Phi) is 3.86. The zero-order chi connectivity index (χ0) is 15.5. The van der Waals surface area contributed by atoms with Crippen molar-refractivity contribution in [2.24, 2.45) is 0 Å². The van der Waals surface area contributed by atoms with Crippen LogP contribution in [0, 0.1) is 0 Å². The minimum atomic E-state index is -0.902. The van der Waals surface area contributed by atoms with Gasteiger partial charge in [0.25, 0.3) is 0 Å². The van der Waals surface area contributed by atoms with Crippen LogP contribution in [0.2, 0.25) is 0 Å². The highest BCUT2D eigenvalue weighted by Gasteiger charge is 2.32. The quantitative estimate of drug-likeness (QED) is 0.905. The summed E-state index contributed by atoms with van der Waals surface area (Å²) in [5.41, 5.74) is 1.70. The zero-order valence-corrected chi connectivity index (χ0v) is 11.9. The summed E-state index contributed by atoms with van der Waals surface area (Å²) < 4.78 is 1.59. The van der Waals surface area contributed by atoms with Crippen LogP contribution in [0.1, 0.15) is 23.5 Å². The van der Waals surface area contributed by atoms with Gasteiger partial charge >= 0.3 is 5.97 Å². The number of carboxylic acids is 1. The molecule has 0 radical (unpaired) electrons. The average molecular weight is 300 g/mol. The maximum Gasteiger partial charge on any atom is 0.312 e. The van der Waals surface area contributed by atoms with Crippen LogP contribution in [0.4, 0.5) is 0 Å². The van der Waals surface area contributed by atoms with Gasteiger partial charge < -0.3 is 10.0 Å². The molecule has 7 heteroatoms. The Bertz CT molecular complexity index is 684. The van der Waals surface area contributed by atoms with E-state index in [1.807, 2.05) is 24.3 Å². The van der Waals surface area contributed by atoms with E-state index in [1.165, 1.54) is 6.33 Å². The van der Waals surface area contributed by atoms with Gasteiger partial charge in [-0.1, -0.05) is 24.3 Å². The Balaban J connectivity index is 1.73. The van der Waals surface area contributed by atoms with E-state index in [4.69, 9.17) is 0 Å². The molecule has 114 valence electrons. The topological polar surface area (TPSA) is 88.3 Å². The first-order valence-electron chi connectivity index (χ1n) is 7.06. The second kappa shape index (κ2) is 5.97. The van der Waals surface area contributed by atoms with Crippen molar-refractivity contribution in [3.8, 4) is 0 Å². The number of aryl methyl sites for hydroxylation is 1. The van der Waals surface area contributed by atoms with Crippen LogP contribution in [0.25, 0.3) is 0 Å². The largest absolute Gasteiger partial charge is 0.481 e. The first kappa shape index (κ1) is 14.2. The van der Waals surface area contributed by atoms with E-state index in [2.05, 4.69) is 10.1 Å². The van der Waals surface area contributed by atoms with Crippen LogP contribution in [0.3, 0.4) is 0 Å². The fourth-order valence-corrected chi connectivity index (χ4v) is 2.72. The number of carboxylic acid groups (broad SMARTS) is 1. The molecule has 3 rings (SSSR count). The van der Waals surface area contributed by atoms with Gasteiger partial charge in [0, 0.05) is 19.5 Å². The van der Waals surface area contributed by atoms with Crippen LogP contribution in [0.15, 0.2) is 36.9 Å². The van der Waals surface area contributed by atoms with E-state index in [1.54, 1.807) is 15.9 Å². The SMILES string of the molecule is O=C(O)[C@H]1CN(C(=O)CCn2cncn2)Cc2ccccc21.